The minimum absolute atomic E-state index is 0.0408. The van der Waals surface area contributed by atoms with E-state index in [-0.39, 0.29) is 5.91 Å². The van der Waals surface area contributed by atoms with Crippen molar-refractivity contribution in [3.63, 3.8) is 0 Å². The SMILES string of the molecule is CN(C)C1CCN(C(=O)c2ccc(N)c(Cl)c2)CC1. The van der Waals surface area contributed by atoms with Crippen LogP contribution >= 0.6 is 11.6 Å². The summed E-state index contributed by atoms with van der Waals surface area (Å²) in [5.41, 5.74) is 6.77. The highest BCUT2D eigenvalue weighted by Gasteiger charge is 2.24. The van der Waals surface area contributed by atoms with Crippen molar-refractivity contribution in [2.75, 3.05) is 32.9 Å². The lowest BCUT2D eigenvalue weighted by Gasteiger charge is -2.35. The molecule has 2 N–H and O–H groups in total. The number of anilines is 1. The molecule has 1 fully saturated rings. The third kappa shape index (κ3) is 3.19. The topological polar surface area (TPSA) is 49.6 Å². The molecule has 1 amide bonds. The number of rotatable bonds is 2. The highest BCUT2D eigenvalue weighted by molar-refractivity contribution is 6.33. The maximum atomic E-state index is 12.4. The normalized spacial score (nSPS) is 16.9. The van der Waals surface area contributed by atoms with E-state index in [2.05, 4.69) is 19.0 Å². The summed E-state index contributed by atoms with van der Waals surface area (Å²) in [5, 5.41) is 0.439. The summed E-state index contributed by atoms with van der Waals surface area (Å²) < 4.78 is 0. The van der Waals surface area contributed by atoms with E-state index in [4.69, 9.17) is 17.3 Å². The van der Waals surface area contributed by atoms with Gasteiger partial charge in [-0.3, -0.25) is 4.79 Å². The molecular weight excluding hydrogens is 262 g/mol. The number of halogens is 1. The van der Waals surface area contributed by atoms with Gasteiger partial charge in [-0.25, -0.2) is 0 Å². The fourth-order valence-corrected chi connectivity index (χ4v) is 2.61. The Morgan fingerprint density at radius 3 is 2.53 bits per heavy atom. The molecule has 0 saturated carbocycles. The van der Waals surface area contributed by atoms with Gasteiger partial charge in [0.05, 0.1) is 10.7 Å². The Hall–Kier alpha value is -1.26. The molecule has 0 atom stereocenters. The fraction of sp³-hybridized carbons (Fsp3) is 0.500. The van der Waals surface area contributed by atoms with Gasteiger partial charge >= 0.3 is 0 Å². The molecule has 0 radical (unpaired) electrons. The maximum Gasteiger partial charge on any atom is 0.253 e. The first kappa shape index (κ1) is 14.2. The second kappa shape index (κ2) is 5.80. The number of benzene rings is 1. The van der Waals surface area contributed by atoms with Gasteiger partial charge in [-0.15, -0.1) is 0 Å². The van der Waals surface area contributed by atoms with E-state index in [1.807, 2.05) is 4.90 Å². The second-order valence-corrected chi connectivity index (χ2v) is 5.63. The van der Waals surface area contributed by atoms with Crippen molar-refractivity contribution in [1.29, 1.82) is 0 Å². The van der Waals surface area contributed by atoms with E-state index in [9.17, 15) is 4.79 Å². The molecule has 1 heterocycles. The van der Waals surface area contributed by atoms with Gasteiger partial charge in [-0.2, -0.15) is 0 Å². The first-order chi connectivity index (χ1) is 8.99. The van der Waals surface area contributed by atoms with Crippen molar-refractivity contribution in [2.24, 2.45) is 0 Å². The van der Waals surface area contributed by atoms with Crippen LogP contribution in [0.2, 0.25) is 5.02 Å². The number of amides is 1. The lowest BCUT2D eigenvalue weighted by Crippen LogP contribution is -2.44. The first-order valence-electron chi connectivity index (χ1n) is 6.50. The largest absolute Gasteiger partial charge is 0.398 e. The molecule has 1 aliphatic heterocycles. The van der Waals surface area contributed by atoms with Crippen LogP contribution in [0.4, 0.5) is 5.69 Å². The molecule has 1 aliphatic rings. The summed E-state index contributed by atoms with van der Waals surface area (Å²) in [4.78, 5) is 16.5. The van der Waals surface area contributed by atoms with Crippen LogP contribution in [0.3, 0.4) is 0 Å². The molecule has 0 bridgehead atoms. The predicted molar refractivity (Wildman–Crippen MR) is 78.5 cm³/mol. The van der Waals surface area contributed by atoms with Crippen LogP contribution in [0.1, 0.15) is 23.2 Å². The number of nitrogens with zero attached hydrogens (tertiary/aromatic N) is 2. The van der Waals surface area contributed by atoms with Crippen molar-refractivity contribution in [2.45, 2.75) is 18.9 Å². The van der Waals surface area contributed by atoms with Gasteiger partial charge in [-0.1, -0.05) is 11.6 Å². The number of likely N-dealkylation sites (tertiary alicyclic amines) is 1. The number of nitrogen functional groups attached to an aromatic ring is 1. The summed E-state index contributed by atoms with van der Waals surface area (Å²) in [7, 11) is 4.17. The molecule has 4 nitrogen and oxygen atoms in total. The Morgan fingerprint density at radius 2 is 2.00 bits per heavy atom. The number of hydrogen-bond donors (Lipinski definition) is 1. The van der Waals surface area contributed by atoms with Crippen molar-refractivity contribution >= 4 is 23.2 Å². The zero-order valence-corrected chi connectivity index (χ0v) is 12.2. The van der Waals surface area contributed by atoms with E-state index in [1.54, 1.807) is 18.2 Å². The molecule has 1 aromatic rings. The molecule has 19 heavy (non-hydrogen) atoms. The van der Waals surface area contributed by atoms with E-state index in [0.29, 0.717) is 22.3 Å². The van der Waals surface area contributed by atoms with Gasteiger partial charge in [-0.05, 0) is 45.1 Å². The molecule has 0 aliphatic carbocycles. The average molecular weight is 282 g/mol. The van der Waals surface area contributed by atoms with Crippen LogP contribution in [0, 0.1) is 0 Å². The maximum absolute atomic E-state index is 12.4. The standard InChI is InChI=1S/C14H20ClN3O/c1-17(2)11-5-7-18(8-6-11)14(19)10-3-4-13(16)12(15)9-10/h3-4,9,11H,5-8,16H2,1-2H3. The molecule has 5 heteroatoms. The van der Waals surface area contributed by atoms with Crippen molar-refractivity contribution in [1.82, 2.24) is 9.80 Å². The Bertz CT molecular complexity index is 468. The summed E-state index contributed by atoms with van der Waals surface area (Å²) >= 11 is 5.96. The van der Waals surface area contributed by atoms with Gasteiger partial charge in [0.2, 0.25) is 0 Å². The molecule has 0 unspecified atom stereocenters. The van der Waals surface area contributed by atoms with Crippen molar-refractivity contribution < 1.29 is 4.79 Å². The number of piperidine rings is 1. The minimum Gasteiger partial charge on any atom is -0.398 e. The molecule has 0 spiro atoms. The minimum atomic E-state index is 0.0408. The summed E-state index contributed by atoms with van der Waals surface area (Å²) in [5.74, 6) is 0.0408. The molecular formula is C14H20ClN3O. The quantitative estimate of drug-likeness (QED) is 0.845. The van der Waals surface area contributed by atoms with Crippen LogP contribution in [0.5, 0.6) is 0 Å². The average Bonchev–Trinajstić information content (AvgIpc) is 2.41. The highest BCUT2D eigenvalue weighted by atomic mass is 35.5. The van der Waals surface area contributed by atoms with Gasteiger partial charge in [0.1, 0.15) is 0 Å². The highest BCUT2D eigenvalue weighted by Crippen LogP contribution is 2.22. The third-order valence-corrected chi connectivity index (χ3v) is 4.06. The summed E-state index contributed by atoms with van der Waals surface area (Å²) in [6.07, 6.45) is 2.03. The van der Waals surface area contributed by atoms with E-state index >= 15 is 0 Å². The lowest BCUT2D eigenvalue weighted by molar-refractivity contribution is 0.0663. The zero-order valence-electron chi connectivity index (χ0n) is 11.4. The zero-order chi connectivity index (χ0) is 14.0. The van der Waals surface area contributed by atoms with E-state index < -0.39 is 0 Å². The van der Waals surface area contributed by atoms with Crippen LogP contribution < -0.4 is 5.73 Å². The number of carbonyl (C=O) groups is 1. The summed E-state index contributed by atoms with van der Waals surface area (Å²) in [6, 6.07) is 5.64. The number of nitrogens with two attached hydrogens (primary N) is 1. The Balaban J connectivity index is 2.03. The summed E-state index contributed by atoms with van der Waals surface area (Å²) in [6.45, 7) is 1.59. The van der Waals surface area contributed by atoms with Crippen LogP contribution in [-0.2, 0) is 0 Å². The number of carbonyl (C=O) groups excluding carboxylic acids is 1. The molecule has 1 aromatic carbocycles. The van der Waals surface area contributed by atoms with Crippen LogP contribution in [0.25, 0.3) is 0 Å². The Labute approximate surface area is 119 Å². The number of hydrogen-bond acceptors (Lipinski definition) is 3. The monoisotopic (exact) mass is 281 g/mol. The third-order valence-electron chi connectivity index (χ3n) is 3.73. The Kier molecular flexibility index (Phi) is 4.32. The van der Waals surface area contributed by atoms with Crippen LogP contribution in [-0.4, -0.2) is 48.9 Å². The van der Waals surface area contributed by atoms with Gasteiger partial charge < -0.3 is 15.5 Å². The smallest absolute Gasteiger partial charge is 0.253 e. The Morgan fingerprint density at radius 1 is 1.37 bits per heavy atom. The molecule has 1 saturated heterocycles. The molecule has 104 valence electrons. The van der Waals surface area contributed by atoms with E-state index in [1.165, 1.54) is 0 Å². The fourth-order valence-electron chi connectivity index (χ4n) is 2.43. The lowest BCUT2D eigenvalue weighted by atomic mass is 10.0. The van der Waals surface area contributed by atoms with Gasteiger partial charge in [0.25, 0.3) is 5.91 Å². The van der Waals surface area contributed by atoms with Crippen LogP contribution in [0.15, 0.2) is 18.2 Å². The molecule has 0 aromatic heterocycles. The van der Waals surface area contributed by atoms with Crippen molar-refractivity contribution in [3.05, 3.63) is 28.8 Å². The van der Waals surface area contributed by atoms with Gasteiger partial charge in [0, 0.05) is 24.7 Å². The molecule has 2 rings (SSSR count). The first-order valence-corrected chi connectivity index (χ1v) is 6.87. The van der Waals surface area contributed by atoms with Gasteiger partial charge in [0.15, 0.2) is 0 Å². The van der Waals surface area contributed by atoms with Crippen molar-refractivity contribution in [3.8, 4) is 0 Å². The van der Waals surface area contributed by atoms with E-state index in [0.717, 1.165) is 25.9 Å². The predicted octanol–water partition coefficient (Wildman–Crippen LogP) is 2.09. The second-order valence-electron chi connectivity index (χ2n) is 5.22.